The van der Waals surface area contributed by atoms with E-state index in [-0.39, 0.29) is 5.60 Å². The Hall–Kier alpha value is -0.190. The summed E-state index contributed by atoms with van der Waals surface area (Å²) in [5, 5.41) is 0. The van der Waals surface area contributed by atoms with E-state index < -0.39 is 0 Å². The maximum atomic E-state index is 6.14. The van der Waals surface area contributed by atoms with Crippen molar-refractivity contribution in [2.75, 3.05) is 19.7 Å². The van der Waals surface area contributed by atoms with Gasteiger partial charge in [0.25, 0.3) is 0 Å². The second kappa shape index (κ2) is 5.66. The van der Waals surface area contributed by atoms with E-state index in [0.717, 1.165) is 30.5 Å². The van der Waals surface area contributed by atoms with Gasteiger partial charge in [0.05, 0.1) is 10.6 Å². The van der Waals surface area contributed by atoms with Crippen molar-refractivity contribution in [2.24, 2.45) is 11.7 Å². The number of rotatable bonds is 2. The molecule has 1 aliphatic carbocycles. The molecule has 2 heterocycles. The van der Waals surface area contributed by atoms with Gasteiger partial charge in [-0.2, -0.15) is 0 Å². The van der Waals surface area contributed by atoms with Crippen LogP contribution in [0.4, 0.5) is 0 Å². The van der Waals surface area contributed by atoms with Crippen molar-refractivity contribution in [3.63, 3.8) is 0 Å². The molecular weight excluding hydrogens is 256 g/mol. The van der Waals surface area contributed by atoms with Crippen molar-refractivity contribution < 1.29 is 4.74 Å². The Balaban J connectivity index is 1.56. The molecule has 2 saturated heterocycles. The quantitative estimate of drug-likeness (QED) is 0.790. The molecule has 2 N–H and O–H groups in total. The molecule has 0 bridgehead atoms. The van der Waals surface area contributed by atoms with E-state index in [1.165, 1.54) is 51.6 Å². The Morgan fingerprint density at radius 1 is 1.16 bits per heavy atom. The van der Waals surface area contributed by atoms with Gasteiger partial charge in [-0.15, -0.1) is 0 Å². The number of hydrogen-bond donors (Lipinski definition) is 1. The standard InChI is InChI=1S/C15H26N2OS/c16-14(19)12-3-8-17(9-4-12)13-5-10-18-15(11-13)6-1-2-7-15/h12-13H,1-11H2,(H2,16,19). The molecule has 0 amide bonds. The van der Waals surface area contributed by atoms with Crippen LogP contribution >= 0.6 is 12.2 Å². The van der Waals surface area contributed by atoms with Crippen molar-refractivity contribution in [3.05, 3.63) is 0 Å². The molecule has 3 fully saturated rings. The first-order chi connectivity index (χ1) is 9.19. The van der Waals surface area contributed by atoms with Crippen molar-refractivity contribution in [3.8, 4) is 0 Å². The van der Waals surface area contributed by atoms with Crippen LogP contribution in [0.25, 0.3) is 0 Å². The van der Waals surface area contributed by atoms with Crippen molar-refractivity contribution in [1.82, 2.24) is 4.90 Å². The van der Waals surface area contributed by atoms with E-state index >= 15 is 0 Å². The Morgan fingerprint density at radius 2 is 1.84 bits per heavy atom. The molecule has 0 aromatic heterocycles. The minimum atomic E-state index is 0.239. The van der Waals surface area contributed by atoms with Crippen LogP contribution in [0.1, 0.15) is 51.4 Å². The number of piperidine rings is 1. The third-order valence-corrected chi connectivity index (χ3v) is 5.76. The highest BCUT2D eigenvalue weighted by molar-refractivity contribution is 7.80. The van der Waals surface area contributed by atoms with Gasteiger partial charge in [0.2, 0.25) is 0 Å². The number of nitrogens with two attached hydrogens (primary N) is 1. The topological polar surface area (TPSA) is 38.5 Å². The molecular formula is C15H26N2OS. The molecule has 1 unspecified atom stereocenters. The summed E-state index contributed by atoms with van der Waals surface area (Å²) in [6.45, 7) is 3.30. The second-order valence-corrected chi connectivity index (χ2v) is 7.07. The average Bonchev–Trinajstić information content (AvgIpc) is 2.87. The Morgan fingerprint density at radius 3 is 2.47 bits per heavy atom. The fourth-order valence-electron chi connectivity index (χ4n) is 4.23. The number of likely N-dealkylation sites (tertiary alicyclic amines) is 1. The highest BCUT2D eigenvalue weighted by Gasteiger charge is 2.41. The maximum Gasteiger partial charge on any atom is 0.0759 e. The van der Waals surface area contributed by atoms with Gasteiger partial charge in [0.15, 0.2) is 0 Å². The summed E-state index contributed by atoms with van der Waals surface area (Å²) in [4.78, 5) is 3.40. The summed E-state index contributed by atoms with van der Waals surface area (Å²) >= 11 is 5.13. The summed E-state index contributed by atoms with van der Waals surface area (Å²) in [7, 11) is 0. The van der Waals surface area contributed by atoms with E-state index in [1.54, 1.807) is 0 Å². The fraction of sp³-hybridized carbons (Fsp3) is 0.933. The van der Waals surface area contributed by atoms with Gasteiger partial charge in [-0.25, -0.2) is 0 Å². The monoisotopic (exact) mass is 282 g/mol. The van der Waals surface area contributed by atoms with Gasteiger partial charge in [-0.3, -0.25) is 0 Å². The first-order valence-electron chi connectivity index (χ1n) is 7.86. The van der Waals surface area contributed by atoms with E-state index in [1.807, 2.05) is 0 Å². The van der Waals surface area contributed by atoms with Crippen LogP contribution in [0.5, 0.6) is 0 Å². The summed E-state index contributed by atoms with van der Waals surface area (Å²) in [5.41, 5.74) is 6.02. The average molecular weight is 282 g/mol. The van der Waals surface area contributed by atoms with Crippen molar-refractivity contribution in [2.45, 2.75) is 63.0 Å². The lowest BCUT2D eigenvalue weighted by Gasteiger charge is -2.45. The molecule has 2 aliphatic heterocycles. The van der Waals surface area contributed by atoms with Gasteiger partial charge >= 0.3 is 0 Å². The van der Waals surface area contributed by atoms with Gasteiger partial charge in [0, 0.05) is 18.6 Å². The molecule has 3 aliphatic rings. The van der Waals surface area contributed by atoms with Crippen LogP contribution in [0.3, 0.4) is 0 Å². The van der Waals surface area contributed by atoms with Crippen LogP contribution < -0.4 is 5.73 Å². The van der Waals surface area contributed by atoms with Gasteiger partial charge in [-0.05, 0) is 51.6 Å². The first-order valence-corrected chi connectivity index (χ1v) is 8.27. The zero-order chi connectivity index (χ0) is 13.3. The molecule has 0 radical (unpaired) electrons. The third kappa shape index (κ3) is 2.96. The van der Waals surface area contributed by atoms with Crippen LogP contribution in [-0.4, -0.2) is 41.2 Å². The van der Waals surface area contributed by atoms with Crippen LogP contribution in [-0.2, 0) is 4.74 Å². The summed E-state index contributed by atoms with van der Waals surface area (Å²) in [6.07, 6.45) is 10.1. The van der Waals surface area contributed by atoms with Gasteiger partial charge < -0.3 is 15.4 Å². The summed E-state index contributed by atoms with van der Waals surface area (Å²) in [5.74, 6) is 0.478. The number of hydrogen-bond acceptors (Lipinski definition) is 3. The lowest BCUT2D eigenvalue weighted by Crippen LogP contribution is -2.50. The normalized spacial score (nSPS) is 32.7. The Labute approximate surface area is 121 Å². The first kappa shape index (κ1) is 13.8. The predicted molar refractivity (Wildman–Crippen MR) is 81.3 cm³/mol. The zero-order valence-corrected chi connectivity index (χ0v) is 12.6. The molecule has 19 heavy (non-hydrogen) atoms. The molecule has 1 saturated carbocycles. The molecule has 4 heteroatoms. The number of nitrogens with zero attached hydrogens (tertiary/aromatic N) is 1. The second-order valence-electron chi connectivity index (χ2n) is 6.60. The lowest BCUT2D eigenvalue weighted by molar-refractivity contribution is -0.104. The minimum Gasteiger partial charge on any atom is -0.393 e. The zero-order valence-electron chi connectivity index (χ0n) is 11.8. The molecule has 0 aromatic rings. The summed E-state index contributed by atoms with van der Waals surface area (Å²) in [6, 6.07) is 0.735. The summed E-state index contributed by atoms with van der Waals surface area (Å²) < 4.78 is 6.14. The van der Waals surface area contributed by atoms with Crippen LogP contribution in [0.2, 0.25) is 0 Å². The van der Waals surface area contributed by atoms with E-state index in [9.17, 15) is 0 Å². The van der Waals surface area contributed by atoms with Crippen LogP contribution in [0.15, 0.2) is 0 Å². The highest BCUT2D eigenvalue weighted by Crippen LogP contribution is 2.41. The molecule has 0 aromatic carbocycles. The minimum absolute atomic E-state index is 0.239. The highest BCUT2D eigenvalue weighted by atomic mass is 32.1. The number of thiocarbonyl (C=S) groups is 1. The molecule has 1 spiro atoms. The fourth-order valence-corrected chi connectivity index (χ4v) is 4.47. The smallest absolute Gasteiger partial charge is 0.0759 e. The molecule has 108 valence electrons. The van der Waals surface area contributed by atoms with Crippen molar-refractivity contribution >= 4 is 17.2 Å². The maximum absolute atomic E-state index is 6.14. The largest absolute Gasteiger partial charge is 0.393 e. The predicted octanol–water partition coefficient (Wildman–Crippen LogP) is 2.48. The van der Waals surface area contributed by atoms with E-state index in [4.69, 9.17) is 22.7 Å². The van der Waals surface area contributed by atoms with Crippen molar-refractivity contribution in [1.29, 1.82) is 0 Å². The Kier molecular flexibility index (Phi) is 4.11. The molecule has 3 nitrogen and oxygen atoms in total. The third-order valence-electron chi connectivity index (χ3n) is 5.43. The lowest BCUT2D eigenvalue weighted by atomic mass is 9.86. The van der Waals surface area contributed by atoms with Gasteiger partial charge in [0.1, 0.15) is 0 Å². The molecule has 3 rings (SSSR count). The molecule has 1 atom stereocenters. The Bertz CT molecular complexity index is 333. The number of ether oxygens (including phenoxy) is 1. The van der Waals surface area contributed by atoms with Crippen LogP contribution in [0, 0.1) is 5.92 Å². The van der Waals surface area contributed by atoms with E-state index in [2.05, 4.69) is 4.90 Å². The van der Waals surface area contributed by atoms with E-state index in [0.29, 0.717) is 5.92 Å². The van der Waals surface area contributed by atoms with Gasteiger partial charge in [-0.1, -0.05) is 25.1 Å². The SMILES string of the molecule is NC(=S)C1CCN(C2CCOC3(CCCC3)C2)CC1.